The lowest BCUT2D eigenvalue weighted by atomic mass is 10.1. The smallest absolute Gasteiger partial charge is 0.351 e. The van der Waals surface area contributed by atoms with Crippen molar-refractivity contribution in [2.75, 3.05) is 65.7 Å². The monoisotopic (exact) mass is 816 g/mol. The normalized spacial score (nSPS) is 35.7. The van der Waals surface area contributed by atoms with Gasteiger partial charge in [-0.25, -0.2) is 18.7 Å². The molecule has 10 rings (SSSR count). The molecule has 3 spiro atoms. The first kappa shape index (κ1) is 34.7. The molecule has 2 aromatic rings. The van der Waals surface area contributed by atoms with Gasteiger partial charge in [0.1, 0.15) is 11.5 Å². The van der Waals surface area contributed by atoms with Crippen LogP contribution < -0.4 is 9.05 Å². The third-order valence-corrected chi connectivity index (χ3v) is 26.6. The van der Waals surface area contributed by atoms with Crippen LogP contribution in [0.1, 0.15) is 43.2 Å². The summed E-state index contributed by atoms with van der Waals surface area (Å²) in [6, 6.07) is 16.2. The van der Waals surface area contributed by atoms with E-state index in [4.69, 9.17) is 68.5 Å². The molecule has 0 aromatic heterocycles. The number of para-hydroxylation sites is 2. The third-order valence-electron chi connectivity index (χ3n) is 11.0. The maximum Gasteiger partial charge on any atom is 0.351 e. The summed E-state index contributed by atoms with van der Waals surface area (Å²) < 4.78 is 71.0. The maximum absolute atomic E-state index is 7.96. The minimum absolute atomic E-state index is 0.589. The number of fused-ring (bicyclic) bond motifs is 3. The molecule has 8 aliphatic heterocycles. The highest BCUT2D eigenvalue weighted by Gasteiger charge is 2.54. The molecule has 5 saturated heterocycles. The van der Waals surface area contributed by atoms with E-state index in [0.29, 0.717) is 103 Å². The summed E-state index contributed by atoms with van der Waals surface area (Å²) in [4.78, 5) is 0. The lowest BCUT2D eigenvalue weighted by Gasteiger charge is -2.51. The molecular formula is C31H42Cl2N8O6P4. The van der Waals surface area contributed by atoms with Gasteiger partial charge in [-0.05, 0) is 41.0 Å². The molecule has 2 aromatic carbocycles. The van der Waals surface area contributed by atoms with Crippen LogP contribution in [-0.2, 0) is 32.0 Å². The van der Waals surface area contributed by atoms with Crippen LogP contribution in [0.5, 0.6) is 11.5 Å². The Balaban J connectivity index is 1.23. The van der Waals surface area contributed by atoms with Crippen molar-refractivity contribution in [3.05, 3.63) is 59.7 Å². The number of benzene rings is 2. The molecule has 8 heterocycles. The van der Waals surface area contributed by atoms with Gasteiger partial charge in [0, 0.05) is 89.2 Å². The van der Waals surface area contributed by atoms with Gasteiger partial charge in [-0.15, -0.1) is 0 Å². The van der Waals surface area contributed by atoms with Crippen LogP contribution in [0, 0.1) is 0 Å². The summed E-state index contributed by atoms with van der Waals surface area (Å²) in [6.07, 6.45) is 3.58. The molecule has 8 aliphatic rings. The number of ether oxygens (including phenoxy) is 4. The van der Waals surface area contributed by atoms with Crippen molar-refractivity contribution in [3.63, 3.8) is 0 Å². The largest absolute Gasteiger partial charge is 0.430 e. The van der Waals surface area contributed by atoms with Crippen molar-refractivity contribution in [1.29, 1.82) is 0 Å². The van der Waals surface area contributed by atoms with E-state index < -0.39 is 40.2 Å². The summed E-state index contributed by atoms with van der Waals surface area (Å²) in [5.41, 5.74) is 2.05. The van der Waals surface area contributed by atoms with E-state index in [-0.39, 0.29) is 0 Å². The van der Waals surface area contributed by atoms with Crippen LogP contribution >= 0.6 is 51.1 Å². The number of piperidine rings is 2. The van der Waals surface area contributed by atoms with Crippen LogP contribution in [0.2, 0.25) is 0 Å². The highest BCUT2D eigenvalue weighted by atomic mass is 35.7. The van der Waals surface area contributed by atoms with Gasteiger partial charge in [0.25, 0.3) is 0 Å². The van der Waals surface area contributed by atoms with Crippen LogP contribution in [0.4, 0.5) is 0 Å². The Morgan fingerprint density at radius 2 is 0.902 bits per heavy atom. The molecule has 0 aliphatic carbocycles. The molecule has 51 heavy (non-hydrogen) atoms. The molecule has 2 unspecified atom stereocenters. The van der Waals surface area contributed by atoms with Crippen LogP contribution in [0.3, 0.4) is 0 Å². The van der Waals surface area contributed by atoms with Crippen molar-refractivity contribution in [2.24, 2.45) is 18.1 Å². The van der Waals surface area contributed by atoms with Gasteiger partial charge in [0.15, 0.2) is 11.6 Å². The van der Waals surface area contributed by atoms with Gasteiger partial charge in [-0.3, -0.25) is 0 Å². The molecule has 14 nitrogen and oxygen atoms in total. The van der Waals surface area contributed by atoms with Gasteiger partial charge in [-0.1, -0.05) is 36.4 Å². The highest BCUT2D eigenvalue weighted by Crippen LogP contribution is 2.85. The van der Waals surface area contributed by atoms with E-state index >= 15 is 0 Å². The number of hydrogen-bond acceptors (Lipinski definition) is 14. The maximum atomic E-state index is 7.96. The lowest BCUT2D eigenvalue weighted by Crippen LogP contribution is -2.49. The molecule has 276 valence electrons. The second-order valence-corrected chi connectivity index (χ2v) is 26.2. The first-order valence-corrected chi connectivity index (χ1v) is 26.0. The molecule has 0 radical (unpaired) electrons. The first-order valence-electron chi connectivity index (χ1n) is 17.8. The van der Waals surface area contributed by atoms with Crippen LogP contribution in [0.15, 0.2) is 66.6 Å². The minimum Gasteiger partial charge on any atom is -0.430 e. The summed E-state index contributed by atoms with van der Waals surface area (Å²) in [6.45, 7) is 0.443. The molecule has 3 bridgehead atoms. The molecule has 0 N–H and O–H groups in total. The van der Waals surface area contributed by atoms with Crippen molar-refractivity contribution in [1.82, 2.24) is 18.7 Å². The van der Waals surface area contributed by atoms with Gasteiger partial charge in [0.05, 0.1) is 26.4 Å². The standard InChI is InChI=1S/C31H42Cl2N8O6P4/c32-48-34-50(38-16-10-30(11-17-38)42-20-21-43-30,39-18-12-31(13-19-39)44-22-23-45-31)35-49(33)37-51(36-48)40(24-26-6-1-3-8-28(26)46-48)14-5-15-41(51)25-27-7-2-4-9-29(27)47-49/h1-4,6-9H,5,10-25H2/t48-,49?,51?/m0/s1. The molecule has 0 saturated carbocycles. The Kier molecular flexibility index (Phi) is 8.77. The Morgan fingerprint density at radius 1 is 0.510 bits per heavy atom. The fourth-order valence-corrected chi connectivity index (χ4v) is 27.5. The van der Waals surface area contributed by atoms with Crippen molar-refractivity contribution >= 4 is 51.1 Å². The van der Waals surface area contributed by atoms with E-state index in [0.717, 1.165) is 30.6 Å². The number of hydrogen-bond donors (Lipinski definition) is 0. The zero-order valence-electron chi connectivity index (χ0n) is 28.2. The molecule has 0 amide bonds. The number of nitrogens with zero attached hydrogens (tertiary/aromatic N) is 8. The Labute approximate surface area is 308 Å². The fraction of sp³-hybridized carbons (Fsp3) is 0.613. The molecule has 5 fully saturated rings. The fourth-order valence-electron chi connectivity index (χ4n) is 8.47. The summed E-state index contributed by atoms with van der Waals surface area (Å²) in [7, 11) is -6.27. The quantitative estimate of drug-likeness (QED) is 0.272. The van der Waals surface area contributed by atoms with Crippen molar-refractivity contribution < 1.29 is 28.0 Å². The van der Waals surface area contributed by atoms with E-state index in [1.54, 1.807) is 0 Å². The minimum atomic E-state index is -3.54. The van der Waals surface area contributed by atoms with Gasteiger partial charge in [-0.2, -0.15) is 18.1 Å². The number of halogens is 2. The SMILES string of the molecule is ClP12=NP(N3CCC4(CC3)OCCO4)(N3CCC4(CC3)OCCO4)=N[P@@]3(Cl)=NP4(=N1)N(CCCN4Cc1ccccc1O3)Cc1ccccc1O2. The average Bonchev–Trinajstić information content (AvgIpc) is 3.76. The predicted molar refractivity (Wildman–Crippen MR) is 200 cm³/mol. The van der Waals surface area contributed by atoms with Gasteiger partial charge >= 0.3 is 13.6 Å². The van der Waals surface area contributed by atoms with E-state index in [1.807, 2.05) is 36.4 Å². The van der Waals surface area contributed by atoms with Crippen molar-refractivity contribution in [3.8, 4) is 11.5 Å². The topological polar surface area (TPSA) is 118 Å². The van der Waals surface area contributed by atoms with Crippen LogP contribution in [-0.4, -0.2) is 96.0 Å². The predicted octanol–water partition coefficient (Wildman–Crippen LogP) is 9.13. The van der Waals surface area contributed by atoms with Crippen molar-refractivity contribution in [2.45, 2.75) is 56.8 Å². The Hall–Kier alpha value is -0.780. The summed E-state index contributed by atoms with van der Waals surface area (Å²) in [5.74, 6) is 0.166. The molecular weight excluding hydrogens is 775 g/mol. The molecule has 20 heteroatoms. The third kappa shape index (κ3) is 6.00. The second-order valence-electron chi connectivity index (χ2n) is 14.0. The zero-order valence-corrected chi connectivity index (χ0v) is 33.3. The average molecular weight is 818 g/mol. The number of rotatable bonds is 2. The summed E-state index contributed by atoms with van der Waals surface area (Å²) >= 11 is 15.9. The van der Waals surface area contributed by atoms with E-state index in [9.17, 15) is 0 Å². The second kappa shape index (κ2) is 12.9. The zero-order chi connectivity index (χ0) is 34.4. The Bertz CT molecular complexity index is 1890. The summed E-state index contributed by atoms with van der Waals surface area (Å²) in [5, 5.41) is 0. The van der Waals surface area contributed by atoms with Gasteiger partial charge < -0.3 is 28.0 Å². The van der Waals surface area contributed by atoms with E-state index in [1.165, 1.54) is 0 Å². The Morgan fingerprint density at radius 3 is 1.33 bits per heavy atom. The first-order chi connectivity index (χ1) is 24.7. The molecule has 3 atom stereocenters. The van der Waals surface area contributed by atoms with Gasteiger partial charge in [0.2, 0.25) is 15.0 Å². The van der Waals surface area contributed by atoms with Crippen LogP contribution in [0.25, 0.3) is 0 Å². The van der Waals surface area contributed by atoms with E-state index in [2.05, 4.69) is 30.8 Å². The lowest BCUT2D eigenvalue weighted by molar-refractivity contribution is -0.182. The highest BCUT2D eigenvalue weighted by molar-refractivity contribution is 7.98.